The Balaban J connectivity index is 1.99. The molecule has 0 saturated carbocycles. The molecule has 5 nitrogen and oxygen atoms in total. The van der Waals surface area contributed by atoms with E-state index in [1.54, 1.807) is 0 Å². The highest BCUT2D eigenvalue weighted by Crippen LogP contribution is 2.21. The molecule has 0 spiro atoms. The van der Waals surface area contributed by atoms with E-state index < -0.39 is 0 Å². The second kappa shape index (κ2) is 6.24. The molecule has 0 bridgehead atoms. The van der Waals surface area contributed by atoms with E-state index in [1.807, 2.05) is 29.2 Å². The zero-order chi connectivity index (χ0) is 14.7. The maximum atomic E-state index is 12.3. The van der Waals surface area contributed by atoms with Gasteiger partial charge in [0.1, 0.15) is 0 Å². The topological polar surface area (TPSA) is 61.6 Å². The van der Waals surface area contributed by atoms with Gasteiger partial charge in [0.25, 0.3) is 0 Å². The Morgan fingerprint density at radius 1 is 1.45 bits per heavy atom. The van der Waals surface area contributed by atoms with Crippen LogP contribution < -0.4 is 11.1 Å². The zero-order valence-corrected chi connectivity index (χ0v) is 12.5. The molecule has 0 aliphatic carbocycles. The van der Waals surface area contributed by atoms with Gasteiger partial charge >= 0.3 is 6.03 Å². The number of hydrogen-bond acceptors (Lipinski definition) is 3. The summed E-state index contributed by atoms with van der Waals surface area (Å²) in [6.45, 7) is 4.24. The monoisotopic (exact) mass is 276 g/mol. The fourth-order valence-corrected chi connectivity index (χ4v) is 2.77. The minimum Gasteiger partial charge on any atom is -0.326 e. The number of urea groups is 1. The minimum absolute atomic E-state index is 0.0321. The van der Waals surface area contributed by atoms with Gasteiger partial charge in [-0.25, -0.2) is 4.79 Å². The number of benzene rings is 1. The number of nitrogens with zero attached hydrogens (tertiary/aromatic N) is 2. The number of anilines is 1. The molecule has 1 saturated heterocycles. The lowest BCUT2D eigenvalue weighted by Crippen LogP contribution is -2.37. The molecule has 0 radical (unpaired) electrons. The van der Waals surface area contributed by atoms with Gasteiger partial charge in [0.05, 0.1) is 0 Å². The normalized spacial score (nSPS) is 22.4. The molecule has 110 valence electrons. The third-order valence-electron chi connectivity index (χ3n) is 3.94. The maximum Gasteiger partial charge on any atom is 0.321 e. The molecule has 1 aliphatic heterocycles. The summed E-state index contributed by atoms with van der Waals surface area (Å²) in [6, 6.07) is 8.07. The SMILES string of the molecule is CC1CN(C(=O)Nc2cccc(CN)c2)CC1N(C)C. The van der Waals surface area contributed by atoms with Crippen LogP contribution in [0, 0.1) is 5.92 Å². The molecule has 2 rings (SSSR count). The van der Waals surface area contributed by atoms with Crippen molar-refractivity contribution in [3.8, 4) is 0 Å². The summed E-state index contributed by atoms with van der Waals surface area (Å²) in [5.74, 6) is 0.492. The van der Waals surface area contributed by atoms with Gasteiger partial charge in [0, 0.05) is 31.4 Å². The van der Waals surface area contributed by atoms with Gasteiger partial charge in [-0.1, -0.05) is 19.1 Å². The van der Waals surface area contributed by atoms with Gasteiger partial charge in [0.15, 0.2) is 0 Å². The highest BCUT2D eigenvalue weighted by atomic mass is 16.2. The predicted molar refractivity (Wildman–Crippen MR) is 81.6 cm³/mol. The highest BCUT2D eigenvalue weighted by molar-refractivity contribution is 5.89. The van der Waals surface area contributed by atoms with E-state index in [4.69, 9.17) is 5.73 Å². The number of hydrogen-bond donors (Lipinski definition) is 2. The third-order valence-corrected chi connectivity index (χ3v) is 3.94. The van der Waals surface area contributed by atoms with Gasteiger partial charge in [-0.05, 0) is 37.7 Å². The van der Waals surface area contributed by atoms with Crippen molar-refractivity contribution < 1.29 is 4.79 Å². The first kappa shape index (κ1) is 14.8. The summed E-state index contributed by atoms with van der Waals surface area (Å²) in [5, 5.41) is 2.95. The van der Waals surface area contributed by atoms with Crippen molar-refractivity contribution in [1.82, 2.24) is 9.80 Å². The standard InChI is InChI=1S/C15H24N4O/c1-11-9-19(10-14(11)18(2)3)15(20)17-13-6-4-5-12(7-13)8-16/h4-7,11,14H,8-10,16H2,1-3H3,(H,17,20). The lowest BCUT2D eigenvalue weighted by atomic mass is 10.1. The summed E-state index contributed by atoms with van der Waals surface area (Å²) in [7, 11) is 4.13. The minimum atomic E-state index is -0.0321. The number of nitrogens with two attached hydrogens (primary N) is 1. The van der Waals surface area contributed by atoms with Crippen LogP contribution >= 0.6 is 0 Å². The molecule has 2 atom stereocenters. The number of carbonyl (C=O) groups is 1. The van der Waals surface area contributed by atoms with Crippen molar-refractivity contribution in [2.75, 3.05) is 32.5 Å². The lowest BCUT2D eigenvalue weighted by Gasteiger charge is -2.22. The average molecular weight is 276 g/mol. The molecule has 1 aromatic rings. The van der Waals surface area contributed by atoms with Gasteiger partial charge in [-0.15, -0.1) is 0 Å². The second-order valence-electron chi connectivity index (χ2n) is 5.75. The number of likely N-dealkylation sites (N-methyl/N-ethyl adjacent to an activating group) is 1. The fraction of sp³-hybridized carbons (Fsp3) is 0.533. The van der Waals surface area contributed by atoms with E-state index in [1.165, 1.54) is 0 Å². The number of rotatable bonds is 3. The lowest BCUT2D eigenvalue weighted by molar-refractivity contribution is 0.216. The highest BCUT2D eigenvalue weighted by Gasteiger charge is 2.33. The summed E-state index contributed by atoms with van der Waals surface area (Å²) in [4.78, 5) is 16.4. The van der Waals surface area contributed by atoms with Crippen molar-refractivity contribution in [3.05, 3.63) is 29.8 Å². The van der Waals surface area contributed by atoms with Gasteiger partial charge in [0.2, 0.25) is 0 Å². The molecule has 2 amide bonds. The Morgan fingerprint density at radius 2 is 2.20 bits per heavy atom. The molecule has 3 N–H and O–H groups in total. The quantitative estimate of drug-likeness (QED) is 0.880. The van der Waals surface area contributed by atoms with Crippen molar-refractivity contribution >= 4 is 11.7 Å². The zero-order valence-electron chi connectivity index (χ0n) is 12.5. The van der Waals surface area contributed by atoms with Gasteiger partial charge in [-0.2, -0.15) is 0 Å². The number of carbonyl (C=O) groups excluding carboxylic acids is 1. The molecule has 20 heavy (non-hydrogen) atoms. The first-order chi connectivity index (χ1) is 9.51. The van der Waals surface area contributed by atoms with E-state index in [2.05, 4.69) is 31.2 Å². The molecule has 2 unspecified atom stereocenters. The summed E-state index contributed by atoms with van der Waals surface area (Å²) < 4.78 is 0. The number of nitrogens with one attached hydrogen (secondary N) is 1. The van der Waals surface area contributed by atoms with E-state index in [0.717, 1.165) is 24.3 Å². The fourth-order valence-electron chi connectivity index (χ4n) is 2.77. The van der Waals surface area contributed by atoms with Crippen LogP contribution in [0.15, 0.2) is 24.3 Å². The van der Waals surface area contributed by atoms with Gasteiger partial charge in [-0.3, -0.25) is 0 Å². The van der Waals surface area contributed by atoms with Crippen LogP contribution in [0.2, 0.25) is 0 Å². The largest absolute Gasteiger partial charge is 0.326 e. The second-order valence-corrected chi connectivity index (χ2v) is 5.75. The molecular weight excluding hydrogens is 252 g/mol. The van der Waals surface area contributed by atoms with Crippen molar-refractivity contribution in [2.24, 2.45) is 11.7 Å². The van der Waals surface area contributed by atoms with Crippen LogP contribution in [-0.4, -0.2) is 49.1 Å². The van der Waals surface area contributed by atoms with Crippen LogP contribution in [0.3, 0.4) is 0 Å². The third kappa shape index (κ3) is 3.29. The van der Waals surface area contributed by atoms with E-state index in [-0.39, 0.29) is 6.03 Å². The van der Waals surface area contributed by atoms with Crippen molar-refractivity contribution in [3.63, 3.8) is 0 Å². The average Bonchev–Trinajstić information content (AvgIpc) is 2.81. The number of amides is 2. The Kier molecular flexibility index (Phi) is 4.62. The molecule has 0 aromatic heterocycles. The maximum absolute atomic E-state index is 12.3. The molecule has 1 fully saturated rings. The van der Waals surface area contributed by atoms with Gasteiger partial charge < -0.3 is 20.9 Å². The van der Waals surface area contributed by atoms with E-state index >= 15 is 0 Å². The molecule has 1 aromatic carbocycles. The van der Waals surface area contributed by atoms with Crippen LogP contribution in [0.25, 0.3) is 0 Å². The van der Waals surface area contributed by atoms with Crippen molar-refractivity contribution in [1.29, 1.82) is 0 Å². The Bertz CT molecular complexity index is 475. The van der Waals surface area contributed by atoms with Crippen LogP contribution in [0.1, 0.15) is 12.5 Å². The molecule has 1 aliphatic rings. The van der Waals surface area contributed by atoms with Crippen molar-refractivity contribution in [2.45, 2.75) is 19.5 Å². The predicted octanol–water partition coefficient (Wildman–Crippen LogP) is 1.56. The van der Waals surface area contributed by atoms with Crippen LogP contribution in [0.4, 0.5) is 10.5 Å². The van der Waals surface area contributed by atoms with Crippen LogP contribution in [0.5, 0.6) is 0 Å². The summed E-state index contributed by atoms with van der Waals surface area (Å²) >= 11 is 0. The molecule has 1 heterocycles. The Morgan fingerprint density at radius 3 is 2.80 bits per heavy atom. The molecule has 5 heteroatoms. The Labute approximate surface area is 120 Å². The summed E-state index contributed by atoms with van der Waals surface area (Å²) in [5.41, 5.74) is 7.43. The van der Waals surface area contributed by atoms with Crippen LogP contribution in [-0.2, 0) is 6.54 Å². The first-order valence-corrected chi connectivity index (χ1v) is 7.02. The summed E-state index contributed by atoms with van der Waals surface area (Å²) in [6.07, 6.45) is 0. The van der Waals surface area contributed by atoms with E-state index in [0.29, 0.717) is 18.5 Å². The Hall–Kier alpha value is -1.59. The van der Waals surface area contributed by atoms with E-state index in [9.17, 15) is 4.79 Å². The number of likely N-dealkylation sites (tertiary alicyclic amines) is 1. The first-order valence-electron chi connectivity index (χ1n) is 7.02. The molecular formula is C15H24N4O. The smallest absolute Gasteiger partial charge is 0.321 e.